The number of amides is 1. The second kappa shape index (κ2) is 10.1. The molecule has 0 unspecified atom stereocenters. The van der Waals surface area contributed by atoms with Crippen LogP contribution in [0.1, 0.15) is 61.6 Å². The summed E-state index contributed by atoms with van der Waals surface area (Å²) < 4.78 is 5.55. The summed E-state index contributed by atoms with van der Waals surface area (Å²) in [6.07, 6.45) is 10.5. The molecule has 34 heavy (non-hydrogen) atoms. The van der Waals surface area contributed by atoms with Gasteiger partial charge in [-0.1, -0.05) is 73.9 Å². The second-order valence-corrected chi connectivity index (χ2v) is 9.06. The van der Waals surface area contributed by atoms with Gasteiger partial charge in [-0.15, -0.1) is 0 Å². The van der Waals surface area contributed by atoms with E-state index in [4.69, 9.17) is 4.74 Å². The maximum Gasteiger partial charge on any atom is 0.262 e. The van der Waals surface area contributed by atoms with Crippen LogP contribution in [0, 0.1) is 0 Å². The van der Waals surface area contributed by atoms with Gasteiger partial charge in [-0.05, 0) is 78.8 Å². The van der Waals surface area contributed by atoms with E-state index in [0.29, 0.717) is 18.1 Å². The molecule has 3 nitrogen and oxygen atoms in total. The summed E-state index contributed by atoms with van der Waals surface area (Å²) in [6.45, 7) is 2.61. The molecule has 1 aliphatic carbocycles. The quantitative estimate of drug-likeness (QED) is 0.363. The summed E-state index contributed by atoms with van der Waals surface area (Å²) in [4.78, 5) is 15.5. The van der Waals surface area contributed by atoms with Gasteiger partial charge in [0, 0.05) is 11.3 Å². The monoisotopic (exact) mass is 449 g/mol. The van der Waals surface area contributed by atoms with Crippen molar-refractivity contribution in [3.8, 4) is 5.75 Å². The van der Waals surface area contributed by atoms with Gasteiger partial charge in [-0.2, -0.15) is 0 Å². The summed E-state index contributed by atoms with van der Waals surface area (Å²) in [7, 11) is 0. The largest absolute Gasteiger partial charge is 0.494 e. The first-order valence-electron chi connectivity index (χ1n) is 12.4. The van der Waals surface area contributed by atoms with E-state index >= 15 is 0 Å². The van der Waals surface area contributed by atoms with E-state index < -0.39 is 0 Å². The molecule has 5 rings (SSSR count). The molecule has 2 aliphatic rings. The van der Waals surface area contributed by atoms with Crippen molar-refractivity contribution in [3.05, 3.63) is 107 Å². The van der Waals surface area contributed by atoms with E-state index in [1.54, 1.807) is 0 Å². The number of carbonyl (C=O) groups is 1. The first-order chi connectivity index (χ1) is 16.7. The highest BCUT2D eigenvalue weighted by Crippen LogP contribution is 2.37. The molecule has 1 saturated carbocycles. The molecule has 172 valence electrons. The molecule has 0 spiro atoms. The second-order valence-electron chi connectivity index (χ2n) is 9.06. The first kappa shape index (κ1) is 22.2. The number of hydrogen-bond donors (Lipinski definition) is 0. The molecule has 3 aromatic rings. The van der Waals surface area contributed by atoms with Crippen LogP contribution in [0.25, 0.3) is 11.8 Å². The van der Waals surface area contributed by atoms with Crippen LogP contribution in [0.4, 0.5) is 5.69 Å². The molecule has 0 radical (unpaired) electrons. The Morgan fingerprint density at radius 2 is 1.59 bits per heavy atom. The molecular formula is C31H31NO2. The van der Waals surface area contributed by atoms with E-state index in [1.807, 2.05) is 66.4 Å². The summed E-state index contributed by atoms with van der Waals surface area (Å²) >= 11 is 0. The lowest BCUT2D eigenvalue weighted by Crippen LogP contribution is -2.25. The predicted octanol–water partition coefficient (Wildman–Crippen LogP) is 7.60. The number of benzene rings is 3. The zero-order valence-corrected chi connectivity index (χ0v) is 19.7. The topological polar surface area (TPSA) is 29.5 Å². The highest BCUT2D eigenvalue weighted by molar-refractivity contribution is 6.23. The van der Waals surface area contributed by atoms with E-state index in [-0.39, 0.29) is 5.91 Å². The van der Waals surface area contributed by atoms with Crippen LogP contribution in [0.5, 0.6) is 5.75 Å². The molecule has 0 saturated heterocycles. The van der Waals surface area contributed by atoms with Gasteiger partial charge in [-0.25, -0.2) is 0 Å². The van der Waals surface area contributed by atoms with E-state index in [9.17, 15) is 4.79 Å². The van der Waals surface area contributed by atoms with Crippen molar-refractivity contribution in [1.29, 1.82) is 0 Å². The van der Waals surface area contributed by atoms with Gasteiger partial charge in [0.15, 0.2) is 0 Å². The molecule has 1 fully saturated rings. The van der Waals surface area contributed by atoms with E-state index in [1.165, 1.54) is 37.7 Å². The van der Waals surface area contributed by atoms with Crippen LogP contribution in [0.15, 0.2) is 90.5 Å². The van der Waals surface area contributed by atoms with Gasteiger partial charge in [0.2, 0.25) is 0 Å². The lowest BCUT2D eigenvalue weighted by Gasteiger charge is -2.24. The highest BCUT2D eigenvalue weighted by Gasteiger charge is 2.30. The van der Waals surface area contributed by atoms with E-state index in [0.717, 1.165) is 28.3 Å². The highest BCUT2D eigenvalue weighted by atomic mass is 16.5. The van der Waals surface area contributed by atoms with Crippen molar-refractivity contribution >= 4 is 23.4 Å². The minimum absolute atomic E-state index is 0.00171. The summed E-state index contributed by atoms with van der Waals surface area (Å²) in [5.74, 6) is 1.48. The molecule has 3 aromatic carbocycles. The van der Waals surface area contributed by atoms with Crippen molar-refractivity contribution in [2.24, 2.45) is 0 Å². The van der Waals surface area contributed by atoms with Crippen LogP contribution in [0.3, 0.4) is 0 Å². The standard InChI is InChI=1S/C31H31NO2/c1-2-34-29-19-13-23(14-20-29)21-27-22-30(26-11-7-4-8-12-26)32(31(27)33)28-17-15-25(16-18-28)24-9-5-3-6-10-24/h4,7-8,11-22,24H,2-3,5-6,9-10H2,1H3/b27-21+. The molecule has 0 aromatic heterocycles. The Kier molecular flexibility index (Phi) is 6.62. The minimum Gasteiger partial charge on any atom is -0.494 e. The van der Waals surface area contributed by atoms with Crippen molar-refractivity contribution < 1.29 is 9.53 Å². The third-order valence-electron chi connectivity index (χ3n) is 6.79. The normalized spacial score (nSPS) is 17.8. The molecule has 1 amide bonds. The summed E-state index contributed by atoms with van der Waals surface area (Å²) in [5.41, 5.74) is 5.90. The number of carbonyl (C=O) groups excluding carboxylic acids is 1. The Morgan fingerprint density at radius 3 is 2.26 bits per heavy atom. The summed E-state index contributed by atoms with van der Waals surface area (Å²) in [6, 6.07) is 26.7. The van der Waals surface area contributed by atoms with Gasteiger partial charge in [0.05, 0.1) is 12.3 Å². The third kappa shape index (κ3) is 4.70. The van der Waals surface area contributed by atoms with Gasteiger partial charge < -0.3 is 4.74 Å². The number of nitrogens with zero attached hydrogens (tertiary/aromatic N) is 1. The average molecular weight is 450 g/mol. The number of hydrogen-bond acceptors (Lipinski definition) is 2. The Bertz CT molecular complexity index is 1180. The Balaban J connectivity index is 1.47. The van der Waals surface area contributed by atoms with E-state index in [2.05, 4.69) is 36.4 Å². The SMILES string of the molecule is CCOc1ccc(/C=C2\C=C(c3ccccc3)N(c3ccc(C4CCCCC4)cc3)C2=O)cc1. The fraction of sp³-hybridized carbons (Fsp3) is 0.258. The number of rotatable bonds is 6. The van der Waals surface area contributed by atoms with Crippen molar-refractivity contribution in [2.75, 3.05) is 11.5 Å². The number of ether oxygens (including phenoxy) is 1. The molecule has 0 N–H and O–H groups in total. The van der Waals surface area contributed by atoms with Crippen molar-refractivity contribution in [3.63, 3.8) is 0 Å². The van der Waals surface area contributed by atoms with Crippen LogP contribution in [0.2, 0.25) is 0 Å². The zero-order valence-electron chi connectivity index (χ0n) is 19.7. The van der Waals surface area contributed by atoms with Gasteiger partial charge in [0.1, 0.15) is 5.75 Å². The van der Waals surface area contributed by atoms with Crippen molar-refractivity contribution in [2.45, 2.75) is 44.9 Å². The van der Waals surface area contributed by atoms with Gasteiger partial charge >= 0.3 is 0 Å². The molecule has 0 atom stereocenters. The van der Waals surface area contributed by atoms with Gasteiger partial charge in [0.25, 0.3) is 5.91 Å². The Morgan fingerprint density at radius 1 is 0.882 bits per heavy atom. The zero-order chi connectivity index (χ0) is 23.3. The minimum atomic E-state index is -0.00171. The smallest absolute Gasteiger partial charge is 0.262 e. The Labute approximate surface area is 202 Å². The molecule has 1 heterocycles. The predicted molar refractivity (Wildman–Crippen MR) is 140 cm³/mol. The molecule has 1 aliphatic heterocycles. The third-order valence-corrected chi connectivity index (χ3v) is 6.79. The van der Waals surface area contributed by atoms with Crippen molar-refractivity contribution in [1.82, 2.24) is 0 Å². The first-order valence-corrected chi connectivity index (χ1v) is 12.4. The van der Waals surface area contributed by atoms with Gasteiger partial charge in [-0.3, -0.25) is 9.69 Å². The van der Waals surface area contributed by atoms with Crippen LogP contribution >= 0.6 is 0 Å². The van der Waals surface area contributed by atoms with Crippen LogP contribution < -0.4 is 9.64 Å². The maximum atomic E-state index is 13.6. The summed E-state index contributed by atoms with van der Waals surface area (Å²) in [5, 5.41) is 0. The lowest BCUT2D eigenvalue weighted by molar-refractivity contribution is -0.113. The lowest BCUT2D eigenvalue weighted by atomic mass is 9.84. The average Bonchev–Trinajstić information content (AvgIpc) is 3.22. The van der Waals surface area contributed by atoms with Crippen LogP contribution in [-0.2, 0) is 4.79 Å². The number of anilines is 1. The van der Waals surface area contributed by atoms with Crippen LogP contribution in [-0.4, -0.2) is 12.5 Å². The fourth-order valence-corrected chi connectivity index (χ4v) is 5.03. The molecule has 0 bridgehead atoms. The molecular weight excluding hydrogens is 418 g/mol. The molecule has 3 heteroatoms. The maximum absolute atomic E-state index is 13.6. The Hall–Kier alpha value is -3.59. The fourth-order valence-electron chi connectivity index (χ4n) is 5.03.